The molecule has 0 radical (unpaired) electrons. The summed E-state index contributed by atoms with van der Waals surface area (Å²) in [6.07, 6.45) is 0. The molecule has 0 spiro atoms. The lowest BCUT2D eigenvalue weighted by atomic mass is 10.1. The predicted octanol–water partition coefficient (Wildman–Crippen LogP) is 1.17. The lowest BCUT2D eigenvalue weighted by molar-refractivity contribution is -0.171. The number of ether oxygens (including phenoxy) is 2. The first-order chi connectivity index (χ1) is 8.32. The lowest BCUT2D eigenvalue weighted by Gasteiger charge is -2.26. The second-order valence-electron chi connectivity index (χ2n) is 6.20. The molecule has 0 rings (SSSR count). The maximum atomic E-state index is 11.9. The molecule has 6 nitrogen and oxygen atoms in total. The molecule has 0 aromatic heterocycles. The molecule has 0 saturated heterocycles. The maximum Gasteiger partial charge on any atom is 0.340 e. The van der Waals surface area contributed by atoms with Gasteiger partial charge in [0.25, 0.3) is 0 Å². The van der Waals surface area contributed by atoms with E-state index in [0.29, 0.717) is 0 Å². The van der Waals surface area contributed by atoms with Crippen LogP contribution in [0.15, 0.2) is 0 Å². The van der Waals surface area contributed by atoms with Gasteiger partial charge < -0.3 is 14.8 Å². The zero-order chi connectivity index (χ0) is 15.4. The van der Waals surface area contributed by atoms with Crippen molar-refractivity contribution in [3.8, 4) is 0 Å². The van der Waals surface area contributed by atoms with Crippen molar-refractivity contribution in [3.05, 3.63) is 0 Å². The lowest BCUT2D eigenvalue weighted by Crippen LogP contribution is -2.50. The minimum Gasteiger partial charge on any atom is -0.458 e. The highest BCUT2D eigenvalue weighted by atomic mass is 16.6. The highest BCUT2D eigenvalue weighted by molar-refractivity contribution is 6.02. The van der Waals surface area contributed by atoms with Crippen LogP contribution in [0.3, 0.4) is 0 Å². The smallest absolute Gasteiger partial charge is 0.340 e. The Kier molecular flexibility index (Phi) is 5.53. The molecule has 1 N–H and O–H groups in total. The van der Waals surface area contributed by atoms with Crippen LogP contribution in [0.25, 0.3) is 0 Å². The van der Waals surface area contributed by atoms with Crippen LogP contribution in [0.1, 0.15) is 48.5 Å². The Morgan fingerprint density at radius 2 is 1.16 bits per heavy atom. The Labute approximate surface area is 113 Å². The van der Waals surface area contributed by atoms with Crippen LogP contribution >= 0.6 is 0 Å². The molecular weight excluding hydrogens is 250 g/mol. The standard InChI is InChI=1S/C13H23NO5/c1-8(15)14-9(10(16)18-12(2,3)4)11(17)19-13(5,6)7/h9H,1-7H3,(H,14,15). The number of hydrogen-bond acceptors (Lipinski definition) is 5. The normalized spacial score (nSPS) is 12.0. The summed E-state index contributed by atoms with van der Waals surface area (Å²) in [6.45, 7) is 11.2. The van der Waals surface area contributed by atoms with E-state index in [1.54, 1.807) is 41.5 Å². The van der Waals surface area contributed by atoms with Gasteiger partial charge in [-0.1, -0.05) is 0 Å². The fourth-order valence-electron chi connectivity index (χ4n) is 1.14. The largest absolute Gasteiger partial charge is 0.458 e. The van der Waals surface area contributed by atoms with Crippen molar-refractivity contribution in [1.82, 2.24) is 5.32 Å². The summed E-state index contributed by atoms with van der Waals surface area (Å²) in [4.78, 5) is 34.8. The SMILES string of the molecule is CC(=O)NC(C(=O)OC(C)(C)C)C(=O)OC(C)(C)C. The molecule has 6 heteroatoms. The zero-order valence-electron chi connectivity index (χ0n) is 12.6. The van der Waals surface area contributed by atoms with Gasteiger partial charge in [0.1, 0.15) is 11.2 Å². The molecule has 0 bridgehead atoms. The number of nitrogens with one attached hydrogen (secondary N) is 1. The fourth-order valence-corrected chi connectivity index (χ4v) is 1.14. The summed E-state index contributed by atoms with van der Waals surface area (Å²) in [5.74, 6) is -2.18. The summed E-state index contributed by atoms with van der Waals surface area (Å²) in [5, 5.41) is 2.24. The third-order valence-corrected chi connectivity index (χ3v) is 1.63. The van der Waals surface area contributed by atoms with Crippen LogP contribution in [0.4, 0.5) is 0 Å². The van der Waals surface area contributed by atoms with E-state index in [4.69, 9.17) is 9.47 Å². The van der Waals surface area contributed by atoms with E-state index in [1.165, 1.54) is 6.92 Å². The van der Waals surface area contributed by atoms with Crippen LogP contribution in [0.2, 0.25) is 0 Å². The van der Waals surface area contributed by atoms with Gasteiger partial charge in [-0.25, -0.2) is 9.59 Å². The molecule has 110 valence electrons. The van der Waals surface area contributed by atoms with Gasteiger partial charge in [-0.15, -0.1) is 0 Å². The first-order valence-electron chi connectivity index (χ1n) is 6.04. The number of carbonyl (C=O) groups is 3. The van der Waals surface area contributed by atoms with Gasteiger partial charge in [-0.3, -0.25) is 4.79 Å². The quantitative estimate of drug-likeness (QED) is 0.616. The molecule has 0 aliphatic heterocycles. The molecule has 0 aliphatic rings. The van der Waals surface area contributed by atoms with Gasteiger partial charge in [-0.2, -0.15) is 0 Å². The Hall–Kier alpha value is -1.59. The predicted molar refractivity (Wildman–Crippen MR) is 69.3 cm³/mol. The third-order valence-electron chi connectivity index (χ3n) is 1.63. The van der Waals surface area contributed by atoms with Gasteiger partial charge in [0.2, 0.25) is 11.9 Å². The Balaban J connectivity index is 4.95. The molecule has 1 amide bonds. The molecule has 0 aliphatic carbocycles. The Morgan fingerprint density at radius 3 is 1.37 bits per heavy atom. The minimum absolute atomic E-state index is 0.512. The van der Waals surface area contributed by atoms with Crippen LogP contribution in [0, 0.1) is 0 Å². The Bertz CT molecular complexity index is 334. The van der Waals surface area contributed by atoms with Crippen LogP contribution in [0.5, 0.6) is 0 Å². The summed E-state index contributed by atoms with van der Waals surface area (Å²) in [5.41, 5.74) is -1.51. The maximum absolute atomic E-state index is 11.9. The van der Waals surface area contributed by atoms with E-state index in [9.17, 15) is 14.4 Å². The summed E-state index contributed by atoms with van der Waals surface area (Å²) >= 11 is 0. The van der Waals surface area contributed by atoms with E-state index in [2.05, 4.69) is 5.32 Å². The van der Waals surface area contributed by atoms with Crippen molar-refractivity contribution in [3.63, 3.8) is 0 Å². The molecule has 0 unspecified atom stereocenters. The number of hydrogen-bond donors (Lipinski definition) is 1. The van der Waals surface area contributed by atoms with Crippen molar-refractivity contribution < 1.29 is 23.9 Å². The van der Waals surface area contributed by atoms with Gasteiger partial charge in [0.15, 0.2) is 0 Å². The molecule has 0 fully saturated rings. The zero-order valence-corrected chi connectivity index (χ0v) is 12.6. The number of amides is 1. The average molecular weight is 273 g/mol. The van der Waals surface area contributed by atoms with Crippen molar-refractivity contribution in [2.45, 2.75) is 65.7 Å². The van der Waals surface area contributed by atoms with E-state index < -0.39 is 35.1 Å². The van der Waals surface area contributed by atoms with Crippen molar-refractivity contribution in [2.75, 3.05) is 0 Å². The molecule has 0 saturated carbocycles. The second-order valence-corrected chi connectivity index (χ2v) is 6.20. The van der Waals surface area contributed by atoms with E-state index in [-0.39, 0.29) is 0 Å². The van der Waals surface area contributed by atoms with Crippen molar-refractivity contribution >= 4 is 17.8 Å². The van der Waals surface area contributed by atoms with Crippen LogP contribution < -0.4 is 5.32 Å². The van der Waals surface area contributed by atoms with E-state index in [1.807, 2.05) is 0 Å². The fraction of sp³-hybridized carbons (Fsp3) is 0.769. The highest BCUT2D eigenvalue weighted by Crippen LogP contribution is 2.12. The second kappa shape index (κ2) is 6.04. The molecule has 0 heterocycles. The molecule has 0 aromatic carbocycles. The van der Waals surface area contributed by atoms with Crippen LogP contribution in [-0.4, -0.2) is 35.1 Å². The molecule has 0 atom stereocenters. The first kappa shape index (κ1) is 17.4. The number of carbonyl (C=O) groups excluding carboxylic acids is 3. The summed E-state index contributed by atoms with van der Waals surface area (Å²) < 4.78 is 10.2. The van der Waals surface area contributed by atoms with Gasteiger partial charge in [-0.05, 0) is 41.5 Å². The topological polar surface area (TPSA) is 81.7 Å². The number of rotatable bonds is 3. The summed E-state index contributed by atoms with van der Waals surface area (Å²) in [7, 11) is 0. The van der Waals surface area contributed by atoms with Crippen molar-refractivity contribution in [2.24, 2.45) is 0 Å². The molecular formula is C13H23NO5. The van der Waals surface area contributed by atoms with Gasteiger partial charge in [0, 0.05) is 6.92 Å². The van der Waals surface area contributed by atoms with Crippen molar-refractivity contribution in [1.29, 1.82) is 0 Å². The minimum atomic E-state index is -1.45. The van der Waals surface area contributed by atoms with Crippen LogP contribution in [-0.2, 0) is 23.9 Å². The van der Waals surface area contributed by atoms with Gasteiger partial charge in [0.05, 0.1) is 0 Å². The molecule has 0 aromatic rings. The number of esters is 2. The highest BCUT2D eigenvalue weighted by Gasteiger charge is 2.35. The van der Waals surface area contributed by atoms with E-state index in [0.717, 1.165) is 0 Å². The Morgan fingerprint density at radius 1 is 0.842 bits per heavy atom. The monoisotopic (exact) mass is 273 g/mol. The third kappa shape index (κ3) is 8.18. The average Bonchev–Trinajstić information content (AvgIpc) is 2.07. The molecule has 19 heavy (non-hydrogen) atoms. The summed E-state index contributed by atoms with van der Waals surface area (Å²) in [6, 6.07) is -1.45. The first-order valence-corrected chi connectivity index (χ1v) is 6.04. The van der Waals surface area contributed by atoms with E-state index >= 15 is 0 Å². The van der Waals surface area contributed by atoms with Gasteiger partial charge >= 0.3 is 11.9 Å².